The maximum Gasteiger partial charge on any atom is 0.415 e. The first-order chi connectivity index (χ1) is 9.49. The topological polar surface area (TPSA) is 91.7 Å². The van der Waals surface area contributed by atoms with Crippen LogP contribution in [0.15, 0.2) is 48.5 Å². The average Bonchev–Trinajstić information content (AvgIpc) is 2.46. The van der Waals surface area contributed by atoms with E-state index in [0.29, 0.717) is 10.6 Å². The fourth-order valence-corrected chi connectivity index (χ4v) is 2.77. The number of hydrogen-bond donors (Lipinski definition) is 2. The molecule has 0 amide bonds. The number of benzene rings is 2. The van der Waals surface area contributed by atoms with Crippen LogP contribution in [-0.2, 0) is 4.57 Å². The zero-order valence-corrected chi connectivity index (χ0v) is 11.1. The summed E-state index contributed by atoms with van der Waals surface area (Å²) in [5.74, 6) is -2.09. The van der Waals surface area contributed by atoms with Crippen LogP contribution >= 0.6 is 7.80 Å². The van der Waals surface area contributed by atoms with Gasteiger partial charge >= 0.3 is 19.7 Å². The van der Waals surface area contributed by atoms with E-state index in [0.717, 1.165) is 0 Å². The minimum atomic E-state index is -1.87. The van der Waals surface area contributed by atoms with Gasteiger partial charge in [0.05, 0.1) is 11.1 Å². The summed E-state index contributed by atoms with van der Waals surface area (Å²) in [7, 11) is -1.87. The van der Waals surface area contributed by atoms with E-state index in [-0.39, 0.29) is 11.1 Å². The summed E-state index contributed by atoms with van der Waals surface area (Å²) in [6.45, 7) is 0. The number of hydrogen-bond acceptors (Lipinski definition) is 3. The minimum Gasteiger partial charge on any atom is -0.478 e. The zero-order valence-electron chi connectivity index (χ0n) is 10.2. The molecule has 6 heteroatoms. The molecule has 0 radical (unpaired) electrons. The normalized spacial score (nSPS) is 10.0. The van der Waals surface area contributed by atoms with E-state index >= 15 is 0 Å². The van der Waals surface area contributed by atoms with Gasteiger partial charge < -0.3 is 10.2 Å². The second kappa shape index (κ2) is 5.63. The molecule has 0 aliphatic rings. The summed E-state index contributed by atoms with van der Waals surface area (Å²) in [5.41, 5.74) is 0.247. The summed E-state index contributed by atoms with van der Waals surface area (Å²) in [5, 5.41) is 18.6. The molecule has 0 aromatic heterocycles. The molecule has 0 fully saturated rings. The highest BCUT2D eigenvalue weighted by atomic mass is 31.1. The molecule has 20 heavy (non-hydrogen) atoms. The number of aromatic carboxylic acids is 2. The maximum absolute atomic E-state index is 12.3. The van der Waals surface area contributed by atoms with Crippen molar-refractivity contribution in [2.45, 2.75) is 0 Å². The van der Waals surface area contributed by atoms with E-state index in [2.05, 4.69) is 0 Å². The minimum absolute atomic E-state index is 0.123. The lowest BCUT2D eigenvalue weighted by atomic mass is 10.2. The molecule has 0 spiro atoms. The molecule has 0 saturated heterocycles. The SMILES string of the molecule is O=C(O)c1ccc([P+](=O)c2ccc(C(=O)O)cc2)cc1. The van der Waals surface area contributed by atoms with Gasteiger partial charge in [-0.2, -0.15) is 0 Å². The van der Waals surface area contributed by atoms with E-state index in [4.69, 9.17) is 10.2 Å². The van der Waals surface area contributed by atoms with E-state index in [1.807, 2.05) is 0 Å². The van der Waals surface area contributed by atoms with Crippen molar-refractivity contribution < 1.29 is 24.4 Å². The molecule has 0 aliphatic heterocycles. The molecule has 100 valence electrons. The van der Waals surface area contributed by atoms with E-state index < -0.39 is 19.7 Å². The van der Waals surface area contributed by atoms with E-state index in [1.165, 1.54) is 48.5 Å². The molecular weight excluding hydrogens is 279 g/mol. The summed E-state index contributed by atoms with van der Waals surface area (Å²) in [6, 6.07) is 11.5. The third-order valence-corrected chi connectivity index (χ3v) is 4.23. The van der Waals surface area contributed by atoms with E-state index in [1.54, 1.807) is 0 Å². The first-order valence-corrected chi connectivity index (χ1v) is 6.89. The van der Waals surface area contributed by atoms with Gasteiger partial charge in [-0.05, 0) is 48.5 Å². The van der Waals surface area contributed by atoms with Crippen LogP contribution in [0.3, 0.4) is 0 Å². The quantitative estimate of drug-likeness (QED) is 0.838. The van der Waals surface area contributed by atoms with Crippen molar-refractivity contribution in [2.24, 2.45) is 0 Å². The molecule has 2 aromatic rings. The number of carboxylic acid groups (broad SMARTS) is 2. The predicted octanol–water partition coefficient (Wildman–Crippen LogP) is 1.86. The van der Waals surface area contributed by atoms with Gasteiger partial charge in [0.25, 0.3) is 0 Å². The molecule has 0 atom stereocenters. The Kier molecular flexibility index (Phi) is 3.91. The van der Waals surface area contributed by atoms with Crippen molar-refractivity contribution in [3.05, 3.63) is 59.7 Å². The van der Waals surface area contributed by atoms with E-state index in [9.17, 15) is 14.2 Å². The van der Waals surface area contributed by atoms with Crippen LogP contribution in [0, 0.1) is 0 Å². The predicted molar refractivity (Wildman–Crippen MR) is 73.7 cm³/mol. The first kappa shape index (κ1) is 13.9. The van der Waals surface area contributed by atoms with Crippen LogP contribution in [0.25, 0.3) is 0 Å². The smallest absolute Gasteiger partial charge is 0.415 e. The Bertz CT molecular complexity index is 614. The Morgan fingerprint density at radius 2 is 1.00 bits per heavy atom. The van der Waals surface area contributed by atoms with Crippen LogP contribution in [0.5, 0.6) is 0 Å². The number of carbonyl (C=O) groups is 2. The lowest BCUT2D eigenvalue weighted by Crippen LogP contribution is -2.08. The second-order valence-electron chi connectivity index (χ2n) is 4.00. The summed E-state index contributed by atoms with van der Waals surface area (Å²) < 4.78 is 12.3. The molecule has 0 unspecified atom stereocenters. The molecular formula is C14H10O5P+. The molecule has 0 bridgehead atoms. The maximum atomic E-state index is 12.3. The fourth-order valence-electron chi connectivity index (χ4n) is 1.63. The highest BCUT2D eigenvalue weighted by Gasteiger charge is 2.23. The van der Waals surface area contributed by atoms with Gasteiger partial charge in [0.1, 0.15) is 0 Å². The summed E-state index contributed by atoms with van der Waals surface area (Å²) in [6.07, 6.45) is 0. The Hall–Kier alpha value is -2.52. The highest BCUT2D eigenvalue weighted by molar-refractivity contribution is 7.61. The molecule has 5 nitrogen and oxygen atoms in total. The number of rotatable bonds is 4. The summed E-state index contributed by atoms with van der Waals surface area (Å²) >= 11 is 0. The molecule has 2 rings (SSSR count). The van der Waals surface area contributed by atoms with Crippen LogP contribution in [0.1, 0.15) is 20.7 Å². The lowest BCUT2D eigenvalue weighted by Gasteiger charge is -1.94. The Balaban J connectivity index is 2.26. The molecule has 2 N–H and O–H groups in total. The van der Waals surface area contributed by atoms with Crippen molar-refractivity contribution in [2.75, 3.05) is 0 Å². The molecule has 0 heterocycles. The van der Waals surface area contributed by atoms with Crippen LogP contribution in [0.4, 0.5) is 0 Å². The van der Waals surface area contributed by atoms with Crippen LogP contribution < -0.4 is 10.6 Å². The molecule has 0 saturated carbocycles. The average molecular weight is 289 g/mol. The molecule has 2 aromatic carbocycles. The Morgan fingerprint density at radius 3 is 1.25 bits per heavy atom. The van der Waals surface area contributed by atoms with Crippen molar-refractivity contribution in [1.29, 1.82) is 0 Å². The largest absolute Gasteiger partial charge is 0.478 e. The van der Waals surface area contributed by atoms with Crippen LogP contribution in [0.2, 0.25) is 0 Å². The van der Waals surface area contributed by atoms with Gasteiger partial charge in [-0.1, -0.05) is 4.57 Å². The fraction of sp³-hybridized carbons (Fsp3) is 0. The van der Waals surface area contributed by atoms with Gasteiger partial charge in [0.2, 0.25) is 0 Å². The Morgan fingerprint density at radius 1 is 0.700 bits per heavy atom. The Labute approximate surface area is 115 Å². The van der Waals surface area contributed by atoms with Crippen molar-refractivity contribution in [1.82, 2.24) is 0 Å². The van der Waals surface area contributed by atoms with Crippen molar-refractivity contribution in [3.8, 4) is 0 Å². The van der Waals surface area contributed by atoms with Gasteiger partial charge in [-0.3, -0.25) is 0 Å². The van der Waals surface area contributed by atoms with Crippen LogP contribution in [-0.4, -0.2) is 22.2 Å². The van der Waals surface area contributed by atoms with Crippen molar-refractivity contribution in [3.63, 3.8) is 0 Å². The van der Waals surface area contributed by atoms with Crippen molar-refractivity contribution >= 4 is 30.3 Å². The lowest BCUT2D eigenvalue weighted by molar-refractivity contribution is 0.0686. The standard InChI is InChI=1S/C14H9O5P/c15-13(16)9-1-5-11(6-2-9)20(19)12-7-3-10(4-8-12)14(17)18/h1-8H,(H-,15,16,17,18)/p+1. The van der Waals surface area contributed by atoms with Gasteiger partial charge in [0.15, 0.2) is 10.6 Å². The third-order valence-electron chi connectivity index (χ3n) is 2.70. The second-order valence-corrected chi connectivity index (χ2v) is 5.62. The number of carboxylic acids is 2. The monoisotopic (exact) mass is 289 g/mol. The zero-order chi connectivity index (χ0) is 14.7. The van der Waals surface area contributed by atoms with Gasteiger partial charge in [-0.25, -0.2) is 9.59 Å². The third kappa shape index (κ3) is 2.90. The first-order valence-electron chi connectivity index (χ1n) is 5.63. The molecule has 0 aliphatic carbocycles. The highest BCUT2D eigenvalue weighted by Crippen LogP contribution is 2.20. The van der Waals surface area contributed by atoms with Gasteiger partial charge in [0, 0.05) is 0 Å². The van der Waals surface area contributed by atoms with Gasteiger partial charge in [-0.15, -0.1) is 0 Å². The summed E-state index contributed by atoms with van der Waals surface area (Å²) in [4.78, 5) is 21.4.